The average molecular weight is 383 g/mol. The van der Waals surface area contributed by atoms with E-state index in [1.54, 1.807) is 0 Å². The van der Waals surface area contributed by atoms with Gasteiger partial charge in [-0.3, -0.25) is 9.59 Å². The summed E-state index contributed by atoms with van der Waals surface area (Å²) in [6, 6.07) is 11.2. The van der Waals surface area contributed by atoms with Crippen molar-refractivity contribution in [3.63, 3.8) is 0 Å². The Labute approximate surface area is 162 Å². The minimum atomic E-state index is -0.396. The topological polar surface area (TPSA) is 64.6 Å². The molecule has 1 unspecified atom stereocenters. The van der Waals surface area contributed by atoms with Crippen LogP contribution in [0.25, 0.3) is 0 Å². The molecule has 1 heterocycles. The molecule has 1 N–H and O–H groups in total. The molecule has 1 aliphatic heterocycles. The van der Waals surface area contributed by atoms with Gasteiger partial charge in [0.1, 0.15) is 19.0 Å². The molecule has 0 saturated heterocycles. The number of ketones is 1. The number of carbonyl (C=O) groups is 2. The molecule has 1 amide bonds. The maximum atomic E-state index is 13.0. The standard InChI is InChI=1S/C22H22FNO4/c23-17-6-3-15(4-7-17)19(25)13-24-22(26)12-18(14-1-2-14)16-5-8-20-21(11-16)28-10-9-27-20/h3-8,11,14,18H,1-2,9-10,12-13H2,(H,24,26). The van der Waals surface area contributed by atoms with Crippen molar-refractivity contribution in [1.82, 2.24) is 5.32 Å². The highest BCUT2D eigenvalue weighted by molar-refractivity contribution is 5.99. The maximum Gasteiger partial charge on any atom is 0.220 e. The van der Waals surface area contributed by atoms with Crippen LogP contribution in [0.2, 0.25) is 0 Å². The van der Waals surface area contributed by atoms with Crippen molar-refractivity contribution in [3.05, 3.63) is 59.4 Å². The Hall–Kier alpha value is -2.89. The Morgan fingerprint density at radius 3 is 2.46 bits per heavy atom. The zero-order chi connectivity index (χ0) is 19.5. The van der Waals surface area contributed by atoms with Gasteiger partial charge in [0.05, 0.1) is 6.54 Å². The second-order valence-corrected chi connectivity index (χ2v) is 7.26. The van der Waals surface area contributed by atoms with Gasteiger partial charge < -0.3 is 14.8 Å². The summed E-state index contributed by atoms with van der Waals surface area (Å²) in [6.07, 6.45) is 2.52. The molecular weight excluding hydrogens is 361 g/mol. The third-order valence-electron chi connectivity index (χ3n) is 5.20. The summed E-state index contributed by atoms with van der Waals surface area (Å²) in [6.45, 7) is 0.975. The Bertz CT molecular complexity index is 877. The fourth-order valence-electron chi connectivity index (χ4n) is 3.53. The summed E-state index contributed by atoms with van der Waals surface area (Å²) in [7, 11) is 0. The van der Waals surface area contributed by atoms with Gasteiger partial charge in [-0.25, -0.2) is 4.39 Å². The molecular formula is C22H22FNO4. The molecule has 2 aromatic rings. The zero-order valence-electron chi connectivity index (χ0n) is 15.4. The number of hydrogen-bond acceptors (Lipinski definition) is 4. The number of ether oxygens (including phenoxy) is 2. The van der Waals surface area contributed by atoms with Crippen LogP contribution in [0, 0.1) is 11.7 Å². The van der Waals surface area contributed by atoms with E-state index in [4.69, 9.17) is 9.47 Å². The van der Waals surface area contributed by atoms with E-state index in [2.05, 4.69) is 5.32 Å². The number of benzene rings is 2. The van der Waals surface area contributed by atoms with Gasteiger partial charge in [-0.1, -0.05) is 6.07 Å². The molecule has 1 atom stereocenters. The lowest BCUT2D eigenvalue weighted by molar-refractivity contribution is -0.121. The lowest BCUT2D eigenvalue weighted by Crippen LogP contribution is -2.31. The highest BCUT2D eigenvalue weighted by Crippen LogP contribution is 2.46. The molecule has 5 nitrogen and oxygen atoms in total. The minimum absolute atomic E-state index is 0.0942. The Morgan fingerprint density at radius 2 is 1.75 bits per heavy atom. The van der Waals surface area contributed by atoms with Crippen molar-refractivity contribution in [2.24, 2.45) is 5.92 Å². The van der Waals surface area contributed by atoms with Crippen LogP contribution in [-0.4, -0.2) is 31.4 Å². The fraction of sp³-hybridized carbons (Fsp3) is 0.364. The first-order valence-corrected chi connectivity index (χ1v) is 9.55. The van der Waals surface area contributed by atoms with Crippen LogP contribution in [0.3, 0.4) is 0 Å². The summed E-state index contributed by atoms with van der Waals surface area (Å²) >= 11 is 0. The summed E-state index contributed by atoms with van der Waals surface area (Å²) in [5.74, 6) is 1.23. The largest absolute Gasteiger partial charge is 0.486 e. The lowest BCUT2D eigenvalue weighted by atomic mass is 9.90. The highest BCUT2D eigenvalue weighted by atomic mass is 19.1. The molecule has 1 aliphatic carbocycles. The summed E-state index contributed by atoms with van der Waals surface area (Å²) in [4.78, 5) is 24.6. The Kier molecular flexibility index (Phi) is 5.28. The predicted octanol–water partition coefficient (Wildman–Crippen LogP) is 3.48. The van der Waals surface area contributed by atoms with Crippen molar-refractivity contribution in [1.29, 1.82) is 0 Å². The first kappa shape index (κ1) is 18.5. The van der Waals surface area contributed by atoms with Gasteiger partial charge in [0.2, 0.25) is 5.91 Å². The van der Waals surface area contributed by atoms with Gasteiger partial charge in [-0.05, 0) is 66.6 Å². The second kappa shape index (κ2) is 8.00. The van der Waals surface area contributed by atoms with Gasteiger partial charge in [0.25, 0.3) is 0 Å². The van der Waals surface area contributed by atoms with Crippen molar-refractivity contribution in [3.8, 4) is 11.5 Å². The summed E-state index contributed by atoms with van der Waals surface area (Å²) in [5.41, 5.74) is 1.44. The monoisotopic (exact) mass is 383 g/mol. The minimum Gasteiger partial charge on any atom is -0.486 e. The number of amides is 1. The van der Waals surface area contributed by atoms with Gasteiger partial charge in [0.15, 0.2) is 17.3 Å². The van der Waals surface area contributed by atoms with E-state index < -0.39 is 5.82 Å². The number of fused-ring (bicyclic) bond motifs is 1. The van der Waals surface area contributed by atoms with Crippen LogP contribution < -0.4 is 14.8 Å². The second-order valence-electron chi connectivity index (χ2n) is 7.26. The number of hydrogen-bond donors (Lipinski definition) is 1. The van der Waals surface area contributed by atoms with Crippen LogP contribution in [0.4, 0.5) is 4.39 Å². The van der Waals surface area contributed by atoms with E-state index in [-0.39, 0.29) is 24.2 Å². The average Bonchev–Trinajstić information content (AvgIpc) is 3.55. The Balaban J connectivity index is 1.37. The van der Waals surface area contributed by atoms with Crippen molar-refractivity contribution >= 4 is 11.7 Å². The molecule has 1 fully saturated rings. The Morgan fingerprint density at radius 1 is 1.04 bits per heavy atom. The number of Topliss-reactive ketones (excluding diaryl/α,β-unsaturated/α-hetero) is 1. The van der Waals surface area contributed by atoms with Crippen molar-refractivity contribution in [2.45, 2.75) is 25.2 Å². The van der Waals surface area contributed by atoms with E-state index in [0.29, 0.717) is 31.1 Å². The van der Waals surface area contributed by atoms with Gasteiger partial charge in [-0.2, -0.15) is 0 Å². The van der Waals surface area contributed by atoms with Crippen LogP contribution in [0.1, 0.15) is 41.1 Å². The van der Waals surface area contributed by atoms with Crippen LogP contribution in [0.15, 0.2) is 42.5 Å². The van der Waals surface area contributed by atoms with Crippen LogP contribution >= 0.6 is 0 Å². The van der Waals surface area contributed by atoms with Crippen molar-refractivity contribution in [2.75, 3.05) is 19.8 Å². The van der Waals surface area contributed by atoms with Gasteiger partial charge >= 0.3 is 0 Å². The molecule has 146 valence electrons. The van der Waals surface area contributed by atoms with Crippen molar-refractivity contribution < 1.29 is 23.5 Å². The number of nitrogens with one attached hydrogen (secondary N) is 1. The van der Waals surface area contributed by atoms with E-state index >= 15 is 0 Å². The van der Waals surface area contributed by atoms with Gasteiger partial charge in [0, 0.05) is 12.0 Å². The molecule has 2 aliphatic rings. The van der Waals surface area contributed by atoms with E-state index in [9.17, 15) is 14.0 Å². The highest BCUT2D eigenvalue weighted by Gasteiger charge is 2.34. The van der Waals surface area contributed by atoms with E-state index in [1.165, 1.54) is 24.3 Å². The van der Waals surface area contributed by atoms with E-state index in [0.717, 1.165) is 29.9 Å². The quantitative estimate of drug-likeness (QED) is 0.744. The smallest absolute Gasteiger partial charge is 0.220 e. The molecule has 28 heavy (non-hydrogen) atoms. The predicted molar refractivity (Wildman–Crippen MR) is 101 cm³/mol. The number of rotatable bonds is 7. The molecule has 0 aromatic heterocycles. The van der Waals surface area contributed by atoms with Crippen LogP contribution in [0.5, 0.6) is 11.5 Å². The number of carbonyl (C=O) groups excluding carboxylic acids is 2. The first-order chi connectivity index (χ1) is 13.6. The molecule has 1 saturated carbocycles. The third-order valence-corrected chi connectivity index (χ3v) is 5.20. The molecule has 0 spiro atoms. The fourth-order valence-corrected chi connectivity index (χ4v) is 3.53. The summed E-state index contributed by atoms with van der Waals surface area (Å²) in [5, 5.41) is 2.70. The van der Waals surface area contributed by atoms with E-state index in [1.807, 2.05) is 18.2 Å². The maximum absolute atomic E-state index is 13.0. The van der Waals surface area contributed by atoms with Gasteiger partial charge in [-0.15, -0.1) is 0 Å². The normalized spacial score (nSPS) is 16.3. The molecule has 0 radical (unpaired) electrons. The molecule has 6 heteroatoms. The third kappa shape index (κ3) is 4.32. The molecule has 2 aromatic carbocycles. The number of halogens is 1. The molecule has 4 rings (SSSR count). The SMILES string of the molecule is O=C(CC(c1ccc2c(c1)OCCO2)C1CC1)NCC(=O)c1ccc(F)cc1. The zero-order valence-corrected chi connectivity index (χ0v) is 15.4. The summed E-state index contributed by atoms with van der Waals surface area (Å²) < 4.78 is 24.2. The molecule has 0 bridgehead atoms. The first-order valence-electron chi connectivity index (χ1n) is 9.55. The lowest BCUT2D eigenvalue weighted by Gasteiger charge is -2.22. The van der Waals surface area contributed by atoms with Crippen LogP contribution in [-0.2, 0) is 4.79 Å².